The third kappa shape index (κ3) is 3.15. The molecule has 7 atom stereocenters. The maximum Gasteiger partial charge on any atom is 0.330 e. The van der Waals surface area contributed by atoms with E-state index in [0.717, 1.165) is 11.3 Å². The zero-order valence-electron chi connectivity index (χ0n) is 17.4. The minimum Gasteiger partial charge on any atom is -0.456 e. The quantitative estimate of drug-likeness (QED) is 0.293. The summed E-state index contributed by atoms with van der Waals surface area (Å²) < 4.78 is 5.29. The van der Waals surface area contributed by atoms with Crippen molar-refractivity contribution in [1.82, 2.24) is 4.90 Å². The number of Topliss-reactive ketones (excluding diaryl/α,β-unsaturated/α-hetero) is 1. The molecule has 1 aromatic rings. The van der Waals surface area contributed by atoms with Crippen molar-refractivity contribution >= 4 is 35.2 Å². The Balaban J connectivity index is 1.32. The van der Waals surface area contributed by atoms with Crippen LogP contribution in [0.15, 0.2) is 36.4 Å². The number of ether oxygens (including phenoxy) is 1. The number of halogens is 1. The van der Waals surface area contributed by atoms with E-state index in [2.05, 4.69) is 12.2 Å². The van der Waals surface area contributed by atoms with Crippen molar-refractivity contribution in [1.29, 1.82) is 0 Å². The van der Waals surface area contributed by atoms with Crippen molar-refractivity contribution in [3.63, 3.8) is 0 Å². The van der Waals surface area contributed by atoms with E-state index in [9.17, 15) is 19.2 Å². The molecule has 6 rings (SSSR count). The second kappa shape index (κ2) is 7.30. The zero-order chi connectivity index (χ0) is 22.0. The zero-order valence-corrected chi connectivity index (χ0v) is 18.1. The second-order valence-electron chi connectivity index (χ2n) is 9.43. The number of nitrogens with zero attached hydrogens (tertiary/aromatic N) is 1. The summed E-state index contributed by atoms with van der Waals surface area (Å²) in [4.78, 5) is 53.1. The molecule has 1 saturated heterocycles. The Hall–Kier alpha value is -2.47. The number of hydrogen-bond acceptors (Lipinski definition) is 5. The highest BCUT2D eigenvalue weighted by Crippen LogP contribution is 2.65. The Labute approximate surface area is 185 Å². The summed E-state index contributed by atoms with van der Waals surface area (Å²) in [6.45, 7) is 3.10. The molecule has 7 heteroatoms. The van der Waals surface area contributed by atoms with Crippen molar-refractivity contribution in [3.8, 4) is 0 Å². The number of carbonyl (C=O) groups is 4. The Morgan fingerprint density at radius 3 is 2.10 bits per heavy atom. The molecular weight excluding hydrogens is 418 g/mol. The van der Waals surface area contributed by atoms with Crippen molar-refractivity contribution in [2.24, 2.45) is 41.4 Å². The van der Waals surface area contributed by atoms with Crippen LogP contribution in [-0.4, -0.2) is 41.1 Å². The molecule has 4 aliphatic carbocycles. The Bertz CT molecular complexity index is 964. The molecule has 2 bridgehead atoms. The van der Waals surface area contributed by atoms with Crippen LogP contribution in [0, 0.1) is 41.4 Å². The predicted octanol–water partition coefficient (Wildman–Crippen LogP) is 3.14. The molecule has 5 aliphatic rings. The van der Waals surface area contributed by atoms with Gasteiger partial charge in [0.15, 0.2) is 12.4 Å². The van der Waals surface area contributed by atoms with E-state index in [1.165, 1.54) is 0 Å². The summed E-state index contributed by atoms with van der Waals surface area (Å²) >= 11 is 5.84. The fourth-order valence-corrected chi connectivity index (χ4v) is 6.00. The molecule has 0 spiro atoms. The number of hydrogen-bond donors (Lipinski definition) is 0. The van der Waals surface area contributed by atoms with Crippen LogP contribution < -0.4 is 0 Å². The van der Waals surface area contributed by atoms with Crippen molar-refractivity contribution < 1.29 is 23.9 Å². The van der Waals surface area contributed by atoms with Gasteiger partial charge in [-0.25, -0.2) is 4.79 Å². The summed E-state index contributed by atoms with van der Waals surface area (Å²) in [7, 11) is 0. The monoisotopic (exact) mass is 441 g/mol. The third-order valence-corrected chi connectivity index (χ3v) is 7.61. The molecule has 1 aromatic carbocycles. The maximum absolute atomic E-state index is 13.3. The number of rotatable bonds is 6. The highest BCUT2D eigenvalue weighted by Gasteiger charge is 2.68. The SMILES string of the molecule is CC(C)[C@H](C(=O)OCC(=O)c1ccc(Cl)cc1)N1C(=O)[C@@H]2[C@H]3C=C[C@@H]([C@@H]4C[C@H]34)[C@@H]2C1=O. The van der Waals surface area contributed by atoms with E-state index in [4.69, 9.17) is 16.3 Å². The smallest absolute Gasteiger partial charge is 0.330 e. The van der Waals surface area contributed by atoms with Crippen LogP contribution in [0.25, 0.3) is 0 Å². The van der Waals surface area contributed by atoms with Crippen LogP contribution in [0.3, 0.4) is 0 Å². The summed E-state index contributed by atoms with van der Waals surface area (Å²) in [6.07, 6.45) is 5.28. The molecule has 2 amide bonds. The van der Waals surface area contributed by atoms with Gasteiger partial charge < -0.3 is 4.74 Å². The highest BCUT2D eigenvalue weighted by molar-refractivity contribution is 6.30. The van der Waals surface area contributed by atoms with E-state index >= 15 is 0 Å². The van der Waals surface area contributed by atoms with Gasteiger partial charge in [0.1, 0.15) is 6.04 Å². The Morgan fingerprint density at radius 1 is 1.03 bits per heavy atom. The molecular formula is C24H24ClNO5. The summed E-state index contributed by atoms with van der Waals surface area (Å²) in [5.74, 6) is -1.50. The first-order valence-corrected chi connectivity index (χ1v) is 11.2. The Morgan fingerprint density at radius 2 is 1.58 bits per heavy atom. The molecule has 0 aromatic heterocycles. The van der Waals surface area contributed by atoms with Gasteiger partial charge in [-0.15, -0.1) is 0 Å². The predicted molar refractivity (Wildman–Crippen MR) is 112 cm³/mol. The summed E-state index contributed by atoms with van der Waals surface area (Å²) in [5, 5.41) is 0.502. The lowest BCUT2D eigenvalue weighted by atomic mass is 9.63. The van der Waals surface area contributed by atoms with Crippen molar-refractivity contribution in [2.45, 2.75) is 26.3 Å². The highest BCUT2D eigenvalue weighted by atomic mass is 35.5. The van der Waals surface area contributed by atoms with E-state index in [-0.39, 0.29) is 47.2 Å². The molecule has 162 valence electrons. The normalized spacial score (nSPS) is 33.4. The molecule has 31 heavy (non-hydrogen) atoms. The van der Waals surface area contributed by atoms with Gasteiger partial charge in [-0.2, -0.15) is 0 Å². The molecule has 1 heterocycles. The number of allylic oxidation sites excluding steroid dienone is 2. The first-order valence-electron chi connectivity index (χ1n) is 10.8. The van der Waals surface area contributed by atoms with Gasteiger partial charge in [-0.05, 0) is 60.3 Å². The molecule has 1 aliphatic heterocycles. The van der Waals surface area contributed by atoms with Crippen LogP contribution >= 0.6 is 11.6 Å². The van der Waals surface area contributed by atoms with Crippen molar-refractivity contribution in [3.05, 3.63) is 47.0 Å². The van der Waals surface area contributed by atoms with Crippen LogP contribution in [0.1, 0.15) is 30.6 Å². The second-order valence-corrected chi connectivity index (χ2v) is 9.86. The van der Waals surface area contributed by atoms with E-state index in [1.807, 2.05) is 0 Å². The number of amides is 2. The minimum absolute atomic E-state index is 0.0942. The number of ketones is 1. The van der Waals surface area contributed by atoms with E-state index in [1.54, 1.807) is 38.1 Å². The first kappa shape index (κ1) is 20.4. The topological polar surface area (TPSA) is 80.8 Å². The van der Waals surface area contributed by atoms with E-state index < -0.39 is 18.6 Å². The number of imide groups is 1. The van der Waals surface area contributed by atoms with Gasteiger partial charge >= 0.3 is 5.97 Å². The van der Waals surface area contributed by atoms with E-state index in [0.29, 0.717) is 22.4 Å². The average molecular weight is 442 g/mol. The molecule has 0 radical (unpaired) electrons. The van der Waals surface area contributed by atoms with Gasteiger partial charge in [0, 0.05) is 10.6 Å². The molecule has 0 N–H and O–H groups in total. The fraction of sp³-hybridized carbons (Fsp3) is 0.500. The standard InChI is InChI=1S/C24H24ClNO5/c1-11(2)21(24(30)31-10-18(27)12-3-5-13(25)6-4-12)26-22(28)19-14-7-8-15(17-9-16(14)17)20(19)23(26)29/h3-8,11,14-17,19-21H,9-10H2,1-2H3/t14-,15-,16-,17+,19-,20+,21+/m0/s1. The Kier molecular flexibility index (Phi) is 4.81. The van der Waals surface area contributed by atoms with Crippen LogP contribution in [0.5, 0.6) is 0 Å². The largest absolute Gasteiger partial charge is 0.456 e. The van der Waals surface area contributed by atoms with Gasteiger partial charge in [-0.3, -0.25) is 19.3 Å². The number of benzene rings is 1. The van der Waals surface area contributed by atoms with Crippen LogP contribution in [0.2, 0.25) is 5.02 Å². The van der Waals surface area contributed by atoms with Gasteiger partial charge in [-0.1, -0.05) is 37.6 Å². The molecule has 3 fully saturated rings. The maximum atomic E-state index is 13.3. The molecule has 2 saturated carbocycles. The lowest BCUT2D eigenvalue weighted by molar-refractivity contribution is -0.160. The van der Waals surface area contributed by atoms with Gasteiger partial charge in [0.2, 0.25) is 11.8 Å². The van der Waals surface area contributed by atoms with Crippen molar-refractivity contribution in [2.75, 3.05) is 6.61 Å². The first-order chi connectivity index (χ1) is 14.8. The molecule has 0 unspecified atom stereocenters. The number of likely N-dealkylation sites (tertiary alicyclic amines) is 1. The third-order valence-electron chi connectivity index (χ3n) is 7.36. The molecule has 6 nitrogen and oxygen atoms in total. The number of carbonyl (C=O) groups excluding carboxylic acids is 4. The van der Waals surface area contributed by atoms with Gasteiger partial charge in [0.25, 0.3) is 0 Å². The lowest BCUT2D eigenvalue weighted by Crippen LogP contribution is -2.49. The fourth-order valence-electron chi connectivity index (χ4n) is 5.87. The summed E-state index contributed by atoms with van der Waals surface area (Å²) in [5.41, 5.74) is 0.375. The van der Waals surface area contributed by atoms with Gasteiger partial charge in [0.05, 0.1) is 11.8 Å². The summed E-state index contributed by atoms with van der Waals surface area (Å²) in [6, 6.07) is 5.27. The minimum atomic E-state index is -1.03. The van der Waals surface area contributed by atoms with Crippen LogP contribution in [-0.2, 0) is 19.1 Å². The number of esters is 1. The lowest BCUT2D eigenvalue weighted by Gasteiger charge is -2.37. The van der Waals surface area contributed by atoms with Crippen LogP contribution in [0.4, 0.5) is 0 Å². The average Bonchev–Trinajstić information content (AvgIpc) is 3.53.